The van der Waals surface area contributed by atoms with Gasteiger partial charge >= 0.3 is 5.92 Å². The first-order valence-corrected chi connectivity index (χ1v) is 4.48. The topological polar surface area (TPSA) is 23.8 Å². The molecule has 1 rings (SSSR count). The number of hydrogen-bond donors (Lipinski definition) is 0. The minimum absolute atomic E-state index is 0.236. The molecule has 74 valence electrons. The van der Waals surface area contributed by atoms with Crippen LogP contribution < -0.4 is 0 Å². The molecule has 1 aromatic carbocycles. The van der Waals surface area contributed by atoms with Crippen LogP contribution in [-0.2, 0) is 12.3 Å². The average molecular weight is 195 g/mol. The van der Waals surface area contributed by atoms with Gasteiger partial charge in [-0.3, -0.25) is 0 Å². The number of benzene rings is 1. The Morgan fingerprint density at radius 1 is 1.29 bits per heavy atom. The molecule has 0 amide bonds. The van der Waals surface area contributed by atoms with E-state index in [0.29, 0.717) is 0 Å². The lowest BCUT2D eigenvalue weighted by molar-refractivity contribution is 0.0613. The first-order valence-electron chi connectivity index (χ1n) is 4.48. The Hall–Kier alpha value is -1.43. The minimum atomic E-state index is -3.37. The number of nitrogens with zero attached hydrogens (tertiary/aromatic N) is 1. The summed E-state index contributed by atoms with van der Waals surface area (Å²) in [6, 6.07) is 6.89. The Kier molecular flexibility index (Phi) is 3.19. The van der Waals surface area contributed by atoms with Gasteiger partial charge in [-0.25, -0.2) is 0 Å². The Balaban J connectivity index is 2.90. The smallest absolute Gasteiger partial charge is 0.191 e. The van der Waals surface area contributed by atoms with E-state index in [-0.39, 0.29) is 5.56 Å². The number of nitriles is 1. The van der Waals surface area contributed by atoms with Crippen LogP contribution in [0.15, 0.2) is 24.3 Å². The first kappa shape index (κ1) is 10.6. The van der Waals surface area contributed by atoms with Crippen molar-refractivity contribution in [3.63, 3.8) is 0 Å². The lowest BCUT2D eigenvalue weighted by Crippen LogP contribution is -2.09. The maximum atomic E-state index is 12.8. The van der Waals surface area contributed by atoms with Gasteiger partial charge in [0.15, 0.2) is 0 Å². The second-order valence-electron chi connectivity index (χ2n) is 3.13. The van der Waals surface area contributed by atoms with Gasteiger partial charge in [0.2, 0.25) is 0 Å². The number of alkyl halides is 2. The van der Waals surface area contributed by atoms with Gasteiger partial charge in [0.05, 0.1) is 0 Å². The van der Waals surface area contributed by atoms with E-state index in [1.807, 2.05) is 6.92 Å². The van der Waals surface area contributed by atoms with E-state index in [1.165, 1.54) is 12.1 Å². The molecule has 0 heterocycles. The molecule has 0 aromatic heterocycles. The largest absolute Gasteiger partial charge is 0.357 e. The minimum Gasteiger partial charge on any atom is -0.191 e. The van der Waals surface area contributed by atoms with Crippen LogP contribution in [0.25, 0.3) is 0 Å². The summed E-state index contributed by atoms with van der Waals surface area (Å²) in [5.74, 6) is -3.37. The van der Waals surface area contributed by atoms with E-state index in [2.05, 4.69) is 0 Å². The van der Waals surface area contributed by atoms with Crippen LogP contribution in [0, 0.1) is 11.3 Å². The fraction of sp³-hybridized carbons (Fsp3) is 0.364. The Morgan fingerprint density at radius 3 is 2.29 bits per heavy atom. The van der Waals surface area contributed by atoms with Crippen LogP contribution in [-0.4, -0.2) is 0 Å². The predicted molar refractivity (Wildman–Crippen MR) is 49.9 cm³/mol. The molecule has 1 aromatic rings. The van der Waals surface area contributed by atoms with Gasteiger partial charge in [-0.05, 0) is 12.0 Å². The summed E-state index contributed by atoms with van der Waals surface area (Å²) in [5, 5.41) is 8.22. The van der Waals surface area contributed by atoms with Gasteiger partial charge in [0, 0.05) is 5.56 Å². The van der Waals surface area contributed by atoms with Gasteiger partial charge in [-0.1, -0.05) is 37.6 Å². The number of halogens is 2. The molecule has 0 atom stereocenters. The maximum Gasteiger partial charge on any atom is 0.357 e. The van der Waals surface area contributed by atoms with E-state index in [4.69, 9.17) is 5.26 Å². The molecular weight excluding hydrogens is 184 g/mol. The molecule has 0 aliphatic rings. The van der Waals surface area contributed by atoms with Gasteiger partial charge in [-0.2, -0.15) is 14.0 Å². The fourth-order valence-corrected chi connectivity index (χ4v) is 1.23. The second kappa shape index (κ2) is 4.19. The molecule has 0 saturated heterocycles. The van der Waals surface area contributed by atoms with Crippen molar-refractivity contribution in [3.8, 4) is 6.07 Å². The molecule has 0 fully saturated rings. The molecule has 0 saturated carbocycles. The zero-order valence-electron chi connectivity index (χ0n) is 7.93. The highest BCUT2D eigenvalue weighted by Crippen LogP contribution is 2.26. The standard InChI is InChI=1S/C11H11F2N/c1-2-3-9-4-6-10(7-5-9)11(12,13)8-14/h4-7H,2-3H2,1H3. The molecule has 0 N–H and O–H groups in total. The summed E-state index contributed by atoms with van der Waals surface area (Å²) < 4.78 is 25.7. The molecule has 0 unspecified atom stereocenters. The van der Waals surface area contributed by atoms with Crippen molar-refractivity contribution in [1.29, 1.82) is 5.26 Å². The molecule has 1 nitrogen and oxygen atoms in total. The Morgan fingerprint density at radius 2 is 1.86 bits per heavy atom. The normalized spacial score (nSPS) is 11.0. The molecule has 0 radical (unpaired) electrons. The summed E-state index contributed by atoms with van der Waals surface area (Å²) >= 11 is 0. The molecule has 0 aliphatic carbocycles. The monoisotopic (exact) mass is 195 g/mol. The molecule has 0 spiro atoms. The maximum absolute atomic E-state index is 12.8. The van der Waals surface area contributed by atoms with Gasteiger partial charge in [-0.15, -0.1) is 0 Å². The van der Waals surface area contributed by atoms with Crippen LogP contribution in [0.1, 0.15) is 24.5 Å². The summed E-state index contributed by atoms with van der Waals surface area (Å²) in [6.45, 7) is 2.03. The number of rotatable bonds is 3. The highest BCUT2D eigenvalue weighted by atomic mass is 19.3. The van der Waals surface area contributed by atoms with E-state index >= 15 is 0 Å². The van der Waals surface area contributed by atoms with Gasteiger partial charge in [0.1, 0.15) is 6.07 Å². The molecule has 0 bridgehead atoms. The van der Waals surface area contributed by atoms with Crippen molar-refractivity contribution < 1.29 is 8.78 Å². The summed E-state index contributed by atoms with van der Waals surface area (Å²) in [5.41, 5.74) is 0.782. The zero-order chi connectivity index (χ0) is 10.6. The summed E-state index contributed by atoms with van der Waals surface area (Å²) in [4.78, 5) is 0. The number of aryl methyl sites for hydroxylation is 1. The second-order valence-corrected chi connectivity index (χ2v) is 3.13. The third-order valence-electron chi connectivity index (χ3n) is 2.00. The molecule has 14 heavy (non-hydrogen) atoms. The zero-order valence-corrected chi connectivity index (χ0v) is 7.93. The van der Waals surface area contributed by atoms with Crippen molar-refractivity contribution in [2.45, 2.75) is 25.7 Å². The van der Waals surface area contributed by atoms with Crippen LogP contribution >= 0.6 is 0 Å². The van der Waals surface area contributed by atoms with Crippen molar-refractivity contribution >= 4 is 0 Å². The Labute approximate surface area is 82.0 Å². The predicted octanol–water partition coefficient (Wildman–Crippen LogP) is 3.25. The third-order valence-corrected chi connectivity index (χ3v) is 2.00. The van der Waals surface area contributed by atoms with Crippen LogP contribution in [0.5, 0.6) is 0 Å². The SMILES string of the molecule is CCCc1ccc(C(F)(F)C#N)cc1. The van der Waals surface area contributed by atoms with Gasteiger partial charge < -0.3 is 0 Å². The average Bonchev–Trinajstić information content (AvgIpc) is 2.19. The summed E-state index contributed by atoms with van der Waals surface area (Å²) in [6.07, 6.45) is 1.85. The van der Waals surface area contributed by atoms with Crippen molar-refractivity contribution in [2.24, 2.45) is 0 Å². The lowest BCUT2D eigenvalue weighted by atomic mass is 10.0. The summed E-state index contributed by atoms with van der Waals surface area (Å²) in [7, 11) is 0. The van der Waals surface area contributed by atoms with E-state index in [1.54, 1.807) is 12.1 Å². The highest BCUT2D eigenvalue weighted by molar-refractivity contribution is 5.29. The third kappa shape index (κ3) is 2.29. The van der Waals surface area contributed by atoms with Crippen molar-refractivity contribution in [1.82, 2.24) is 0 Å². The highest BCUT2D eigenvalue weighted by Gasteiger charge is 2.30. The van der Waals surface area contributed by atoms with Crippen LogP contribution in [0.4, 0.5) is 8.78 Å². The molecule has 0 aliphatic heterocycles. The van der Waals surface area contributed by atoms with Gasteiger partial charge in [0.25, 0.3) is 0 Å². The Bertz CT molecular complexity index is 335. The van der Waals surface area contributed by atoms with Crippen molar-refractivity contribution in [2.75, 3.05) is 0 Å². The van der Waals surface area contributed by atoms with E-state index in [9.17, 15) is 8.78 Å². The molecular formula is C11H11F2N. The number of hydrogen-bond acceptors (Lipinski definition) is 1. The van der Waals surface area contributed by atoms with Crippen LogP contribution in [0.2, 0.25) is 0 Å². The quantitative estimate of drug-likeness (QED) is 0.726. The molecule has 3 heteroatoms. The first-order chi connectivity index (χ1) is 6.60. The van der Waals surface area contributed by atoms with Crippen molar-refractivity contribution in [3.05, 3.63) is 35.4 Å². The van der Waals surface area contributed by atoms with E-state index < -0.39 is 5.92 Å². The lowest BCUT2D eigenvalue weighted by Gasteiger charge is -2.07. The fourth-order valence-electron chi connectivity index (χ4n) is 1.23. The van der Waals surface area contributed by atoms with Crippen LogP contribution in [0.3, 0.4) is 0 Å². The van der Waals surface area contributed by atoms with E-state index in [0.717, 1.165) is 24.5 Å².